The van der Waals surface area contributed by atoms with Gasteiger partial charge in [-0.3, -0.25) is 0 Å². The average Bonchev–Trinajstić information content (AvgIpc) is 1.94. The molecule has 0 aliphatic heterocycles. The van der Waals surface area contributed by atoms with E-state index >= 15 is 0 Å². The predicted molar refractivity (Wildman–Crippen MR) is 70.3 cm³/mol. The van der Waals surface area contributed by atoms with Crippen molar-refractivity contribution in [1.82, 2.24) is 0 Å². The Morgan fingerprint density at radius 3 is 2.23 bits per heavy atom. The third kappa shape index (κ3) is 2.69. The summed E-state index contributed by atoms with van der Waals surface area (Å²) in [7, 11) is 0. The first-order valence-electron chi connectivity index (χ1n) is 4.28. The fraction of sp³-hybridized carbons (Fsp3) is 0.455. The van der Waals surface area contributed by atoms with Crippen molar-refractivity contribution >= 4 is 38.5 Å². The van der Waals surface area contributed by atoms with Crippen LogP contribution in [0.1, 0.15) is 31.9 Å². The minimum Gasteiger partial charge on any atom is -0.0561 e. The Balaban J connectivity index is 3.37. The van der Waals surface area contributed by atoms with Gasteiger partial charge in [0.15, 0.2) is 0 Å². The first kappa shape index (κ1) is 11.5. The maximum Gasteiger partial charge on any atom is 0.0188 e. The van der Waals surface area contributed by atoms with Crippen molar-refractivity contribution in [3.63, 3.8) is 0 Å². The molecule has 1 aromatic rings. The van der Waals surface area contributed by atoms with Crippen LogP contribution in [-0.4, -0.2) is 0 Å². The fourth-order valence-corrected chi connectivity index (χ4v) is 2.94. The number of hydrogen-bond donors (Lipinski definition) is 0. The molecular weight excluding hydrogens is 339 g/mol. The van der Waals surface area contributed by atoms with Gasteiger partial charge in [-0.1, -0.05) is 36.7 Å². The van der Waals surface area contributed by atoms with Crippen molar-refractivity contribution in [3.05, 3.63) is 31.3 Å². The maximum atomic E-state index is 3.53. The Kier molecular flexibility index (Phi) is 3.44. The molecular formula is C11H14BrI. The highest BCUT2D eigenvalue weighted by molar-refractivity contribution is 14.1. The number of halogens is 2. The molecule has 0 heterocycles. The summed E-state index contributed by atoms with van der Waals surface area (Å²) in [6, 6.07) is 4.38. The lowest BCUT2D eigenvalue weighted by atomic mass is 9.84. The van der Waals surface area contributed by atoms with Crippen LogP contribution < -0.4 is 0 Å². The Labute approximate surface area is 102 Å². The summed E-state index contributed by atoms with van der Waals surface area (Å²) in [5.74, 6) is 0. The summed E-state index contributed by atoms with van der Waals surface area (Å²) in [6.45, 7) is 8.93. The third-order valence-electron chi connectivity index (χ3n) is 2.12. The van der Waals surface area contributed by atoms with Gasteiger partial charge < -0.3 is 0 Å². The molecule has 1 aromatic carbocycles. The normalized spacial score (nSPS) is 11.8. The monoisotopic (exact) mass is 352 g/mol. The van der Waals surface area contributed by atoms with Crippen LogP contribution in [-0.2, 0) is 5.41 Å². The summed E-state index contributed by atoms with van der Waals surface area (Å²) in [6.07, 6.45) is 0. The van der Waals surface area contributed by atoms with E-state index in [1.165, 1.54) is 19.2 Å². The van der Waals surface area contributed by atoms with Crippen molar-refractivity contribution in [1.29, 1.82) is 0 Å². The molecule has 2 heteroatoms. The lowest BCUT2D eigenvalue weighted by Crippen LogP contribution is -2.13. The Morgan fingerprint density at radius 1 is 1.23 bits per heavy atom. The molecule has 0 N–H and O–H groups in total. The second-order valence-electron chi connectivity index (χ2n) is 4.31. The second-order valence-corrected chi connectivity index (χ2v) is 6.39. The summed E-state index contributed by atoms with van der Waals surface area (Å²) in [4.78, 5) is 0. The number of rotatable bonds is 0. The standard InChI is InChI=1S/C11H14BrI/c1-7-9(11(2,3)4)5-8(12)6-10(7)13/h5-6H,1-4H3. The molecule has 0 spiro atoms. The molecule has 0 aliphatic carbocycles. The number of benzene rings is 1. The average molecular weight is 353 g/mol. The van der Waals surface area contributed by atoms with Gasteiger partial charge in [0, 0.05) is 8.04 Å². The van der Waals surface area contributed by atoms with Crippen molar-refractivity contribution in [3.8, 4) is 0 Å². The van der Waals surface area contributed by atoms with Gasteiger partial charge in [-0.2, -0.15) is 0 Å². The fourth-order valence-electron chi connectivity index (χ4n) is 1.42. The molecule has 72 valence electrons. The molecule has 1 rings (SSSR count). The summed E-state index contributed by atoms with van der Waals surface area (Å²) < 4.78 is 2.50. The highest BCUT2D eigenvalue weighted by Gasteiger charge is 2.17. The SMILES string of the molecule is Cc1c(I)cc(Br)cc1C(C)(C)C. The minimum absolute atomic E-state index is 0.230. The zero-order chi connectivity index (χ0) is 10.2. The lowest BCUT2D eigenvalue weighted by molar-refractivity contribution is 0.585. The predicted octanol–water partition coefficient (Wildman–Crippen LogP) is 4.66. The molecule has 0 aliphatic rings. The van der Waals surface area contributed by atoms with Crippen LogP contribution in [0.3, 0.4) is 0 Å². The van der Waals surface area contributed by atoms with Crippen LogP contribution in [0.4, 0.5) is 0 Å². The molecule has 0 saturated heterocycles. The van der Waals surface area contributed by atoms with Gasteiger partial charge in [0.1, 0.15) is 0 Å². The van der Waals surface area contributed by atoms with Crippen molar-refractivity contribution in [2.75, 3.05) is 0 Å². The molecule has 0 radical (unpaired) electrons. The van der Waals surface area contributed by atoms with Gasteiger partial charge in [0.25, 0.3) is 0 Å². The topological polar surface area (TPSA) is 0 Å². The molecule has 0 aromatic heterocycles. The molecule has 13 heavy (non-hydrogen) atoms. The smallest absolute Gasteiger partial charge is 0.0188 e. The van der Waals surface area contributed by atoms with Gasteiger partial charge in [0.2, 0.25) is 0 Å². The number of hydrogen-bond acceptors (Lipinski definition) is 0. The Hall–Kier alpha value is 0.430. The lowest BCUT2D eigenvalue weighted by Gasteiger charge is -2.22. The van der Waals surface area contributed by atoms with E-state index in [2.05, 4.69) is 78.3 Å². The highest BCUT2D eigenvalue weighted by atomic mass is 127. The van der Waals surface area contributed by atoms with Crippen molar-refractivity contribution in [2.24, 2.45) is 0 Å². The minimum atomic E-state index is 0.230. The molecule has 0 bridgehead atoms. The van der Waals surface area contributed by atoms with Crippen molar-refractivity contribution in [2.45, 2.75) is 33.1 Å². The molecule has 0 fully saturated rings. The van der Waals surface area contributed by atoms with E-state index in [-0.39, 0.29) is 5.41 Å². The zero-order valence-corrected chi connectivity index (χ0v) is 12.2. The highest BCUT2D eigenvalue weighted by Crippen LogP contribution is 2.31. The van der Waals surface area contributed by atoms with E-state index in [1.54, 1.807) is 0 Å². The van der Waals surface area contributed by atoms with Crippen LogP contribution >= 0.6 is 38.5 Å². The van der Waals surface area contributed by atoms with Crippen LogP contribution in [0.2, 0.25) is 0 Å². The zero-order valence-electron chi connectivity index (χ0n) is 8.41. The maximum absolute atomic E-state index is 3.53. The van der Waals surface area contributed by atoms with Crippen LogP contribution in [0.5, 0.6) is 0 Å². The van der Waals surface area contributed by atoms with Crippen LogP contribution in [0.15, 0.2) is 16.6 Å². The van der Waals surface area contributed by atoms with Gasteiger partial charge >= 0.3 is 0 Å². The molecule has 0 atom stereocenters. The van der Waals surface area contributed by atoms with Crippen LogP contribution in [0, 0.1) is 10.5 Å². The summed E-state index contributed by atoms with van der Waals surface area (Å²) in [5.41, 5.74) is 3.05. The van der Waals surface area contributed by atoms with Gasteiger partial charge in [-0.15, -0.1) is 0 Å². The van der Waals surface area contributed by atoms with Crippen molar-refractivity contribution < 1.29 is 0 Å². The Morgan fingerprint density at radius 2 is 1.77 bits per heavy atom. The van der Waals surface area contributed by atoms with E-state index in [9.17, 15) is 0 Å². The van der Waals surface area contributed by atoms with E-state index in [0.717, 1.165) is 0 Å². The van der Waals surface area contributed by atoms with E-state index in [4.69, 9.17) is 0 Å². The summed E-state index contributed by atoms with van der Waals surface area (Å²) in [5, 5.41) is 0. The van der Waals surface area contributed by atoms with Crippen LogP contribution in [0.25, 0.3) is 0 Å². The largest absolute Gasteiger partial charge is 0.0561 e. The van der Waals surface area contributed by atoms with Gasteiger partial charge in [-0.05, 0) is 58.2 Å². The van der Waals surface area contributed by atoms with E-state index < -0.39 is 0 Å². The van der Waals surface area contributed by atoms with E-state index in [0.29, 0.717) is 0 Å². The Bertz CT molecular complexity index is 324. The quantitative estimate of drug-likeness (QED) is 0.596. The van der Waals surface area contributed by atoms with Gasteiger partial charge in [0.05, 0.1) is 0 Å². The molecule has 0 nitrogen and oxygen atoms in total. The molecule has 0 saturated carbocycles. The van der Waals surface area contributed by atoms with E-state index in [1.807, 2.05) is 0 Å². The second kappa shape index (κ2) is 3.89. The van der Waals surface area contributed by atoms with Gasteiger partial charge in [-0.25, -0.2) is 0 Å². The molecule has 0 unspecified atom stereocenters. The summed E-state index contributed by atoms with van der Waals surface area (Å²) >= 11 is 5.92. The third-order valence-corrected chi connectivity index (χ3v) is 3.70. The first-order chi connectivity index (χ1) is 5.82. The first-order valence-corrected chi connectivity index (χ1v) is 6.15. The molecule has 0 amide bonds.